The Bertz CT molecular complexity index is 1040. The van der Waals surface area contributed by atoms with Crippen molar-refractivity contribution in [3.05, 3.63) is 60.3 Å². The predicted octanol–water partition coefficient (Wildman–Crippen LogP) is 5.29. The van der Waals surface area contributed by atoms with Crippen LogP contribution in [0, 0.1) is 23.1 Å². The summed E-state index contributed by atoms with van der Waals surface area (Å²) in [4.78, 5) is 13.1. The Kier molecular flexibility index (Phi) is 6.14. The van der Waals surface area contributed by atoms with Crippen LogP contribution in [0.5, 0.6) is 0 Å². The van der Waals surface area contributed by atoms with E-state index in [9.17, 15) is 4.39 Å². The highest BCUT2D eigenvalue weighted by molar-refractivity contribution is 5.75. The second-order valence-electron chi connectivity index (χ2n) is 7.52. The van der Waals surface area contributed by atoms with Crippen molar-refractivity contribution >= 4 is 17.5 Å². The van der Waals surface area contributed by atoms with E-state index >= 15 is 0 Å². The number of nitriles is 1. The molecule has 2 aromatic heterocycles. The molecule has 0 amide bonds. The van der Waals surface area contributed by atoms with Crippen LogP contribution < -0.4 is 10.6 Å². The SMILES string of the molecule is N#Cc1ccc(Nc2ncc(-c3cccc(F)c3)c(NCC3CCCCC3)n2)cn1. The first-order chi connectivity index (χ1) is 14.7. The molecule has 7 heteroatoms. The first kappa shape index (κ1) is 19.8. The summed E-state index contributed by atoms with van der Waals surface area (Å²) in [6, 6.07) is 11.8. The Hall–Kier alpha value is -3.53. The van der Waals surface area contributed by atoms with Crippen LogP contribution in [-0.4, -0.2) is 21.5 Å². The Morgan fingerprint density at radius 3 is 2.67 bits per heavy atom. The summed E-state index contributed by atoms with van der Waals surface area (Å²) in [5.41, 5.74) is 2.52. The van der Waals surface area contributed by atoms with E-state index in [2.05, 4.69) is 25.6 Å². The smallest absolute Gasteiger partial charge is 0.229 e. The number of nitrogens with one attached hydrogen (secondary N) is 2. The van der Waals surface area contributed by atoms with E-state index in [1.54, 1.807) is 30.6 Å². The van der Waals surface area contributed by atoms with Crippen LogP contribution in [0.1, 0.15) is 37.8 Å². The number of halogens is 1. The van der Waals surface area contributed by atoms with Crippen LogP contribution in [0.4, 0.5) is 21.8 Å². The number of anilines is 3. The molecule has 0 radical (unpaired) electrons. The minimum Gasteiger partial charge on any atom is -0.369 e. The molecule has 0 aliphatic heterocycles. The average Bonchev–Trinajstić information content (AvgIpc) is 2.79. The highest BCUT2D eigenvalue weighted by Gasteiger charge is 2.16. The van der Waals surface area contributed by atoms with E-state index in [0.29, 0.717) is 29.1 Å². The van der Waals surface area contributed by atoms with Crippen LogP contribution in [0.2, 0.25) is 0 Å². The third-order valence-corrected chi connectivity index (χ3v) is 5.34. The second kappa shape index (κ2) is 9.31. The van der Waals surface area contributed by atoms with Gasteiger partial charge in [0.2, 0.25) is 5.95 Å². The van der Waals surface area contributed by atoms with Gasteiger partial charge >= 0.3 is 0 Å². The molecule has 1 aliphatic rings. The van der Waals surface area contributed by atoms with Gasteiger partial charge in [0.25, 0.3) is 0 Å². The molecule has 2 heterocycles. The van der Waals surface area contributed by atoms with E-state index < -0.39 is 0 Å². The number of hydrogen-bond acceptors (Lipinski definition) is 6. The maximum absolute atomic E-state index is 13.8. The summed E-state index contributed by atoms with van der Waals surface area (Å²) < 4.78 is 13.8. The van der Waals surface area contributed by atoms with Gasteiger partial charge < -0.3 is 10.6 Å². The number of pyridine rings is 1. The van der Waals surface area contributed by atoms with Crippen molar-refractivity contribution in [3.63, 3.8) is 0 Å². The van der Waals surface area contributed by atoms with Crippen LogP contribution in [0.15, 0.2) is 48.8 Å². The van der Waals surface area contributed by atoms with Gasteiger partial charge in [0.15, 0.2) is 0 Å². The van der Waals surface area contributed by atoms with Gasteiger partial charge in [-0.2, -0.15) is 10.2 Å². The zero-order valence-corrected chi connectivity index (χ0v) is 16.6. The fourth-order valence-corrected chi connectivity index (χ4v) is 3.74. The van der Waals surface area contributed by atoms with E-state index in [4.69, 9.17) is 5.26 Å². The Balaban J connectivity index is 1.59. The number of aromatic nitrogens is 3. The summed E-state index contributed by atoms with van der Waals surface area (Å²) in [6.07, 6.45) is 9.55. The van der Waals surface area contributed by atoms with Crippen molar-refractivity contribution in [1.82, 2.24) is 15.0 Å². The van der Waals surface area contributed by atoms with Gasteiger partial charge in [-0.1, -0.05) is 31.4 Å². The molecule has 2 N–H and O–H groups in total. The molecule has 0 unspecified atom stereocenters. The third kappa shape index (κ3) is 4.90. The van der Waals surface area contributed by atoms with Crippen LogP contribution in [0.3, 0.4) is 0 Å². The lowest BCUT2D eigenvalue weighted by molar-refractivity contribution is 0.373. The molecule has 0 bridgehead atoms. The Labute approximate surface area is 175 Å². The van der Waals surface area contributed by atoms with Gasteiger partial charge in [-0.05, 0) is 48.6 Å². The molecule has 0 saturated heterocycles. The van der Waals surface area contributed by atoms with Crippen LogP contribution in [0.25, 0.3) is 11.1 Å². The van der Waals surface area contributed by atoms with Crippen LogP contribution in [-0.2, 0) is 0 Å². The summed E-state index contributed by atoms with van der Waals surface area (Å²) in [7, 11) is 0. The maximum Gasteiger partial charge on any atom is 0.229 e. The van der Waals surface area contributed by atoms with E-state index in [1.165, 1.54) is 44.2 Å². The minimum atomic E-state index is -0.295. The highest BCUT2D eigenvalue weighted by Crippen LogP contribution is 2.30. The lowest BCUT2D eigenvalue weighted by atomic mass is 9.89. The maximum atomic E-state index is 13.8. The Morgan fingerprint density at radius 2 is 1.93 bits per heavy atom. The zero-order valence-electron chi connectivity index (χ0n) is 16.6. The molecule has 3 aromatic rings. The molecule has 152 valence electrons. The van der Waals surface area contributed by atoms with E-state index in [0.717, 1.165) is 17.7 Å². The number of hydrogen-bond donors (Lipinski definition) is 2. The third-order valence-electron chi connectivity index (χ3n) is 5.34. The summed E-state index contributed by atoms with van der Waals surface area (Å²) in [5, 5.41) is 15.5. The summed E-state index contributed by atoms with van der Waals surface area (Å²) >= 11 is 0. The Morgan fingerprint density at radius 1 is 1.07 bits per heavy atom. The average molecular weight is 402 g/mol. The van der Waals surface area contributed by atoms with Crippen molar-refractivity contribution in [2.45, 2.75) is 32.1 Å². The van der Waals surface area contributed by atoms with Gasteiger partial charge in [-0.15, -0.1) is 0 Å². The van der Waals surface area contributed by atoms with Crippen molar-refractivity contribution in [1.29, 1.82) is 5.26 Å². The lowest BCUT2D eigenvalue weighted by Gasteiger charge is -2.23. The topological polar surface area (TPSA) is 86.5 Å². The largest absolute Gasteiger partial charge is 0.369 e. The van der Waals surface area contributed by atoms with Gasteiger partial charge in [-0.3, -0.25) is 0 Å². The van der Waals surface area contributed by atoms with Gasteiger partial charge in [0.1, 0.15) is 23.4 Å². The number of benzene rings is 1. The van der Waals surface area contributed by atoms with Gasteiger partial charge in [0, 0.05) is 18.3 Å². The molecule has 30 heavy (non-hydrogen) atoms. The van der Waals surface area contributed by atoms with Crippen molar-refractivity contribution < 1.29 is 4.39 Å². The van der Waals surface area contributed by atoms with Gasteiger partial charge in [0.05, 0.1) is 11.9 Å². The monoisotopic (exact) mass is 402 g/mol. The van der Waals surface area contributed by atoms with E-state index in [-0.39, 0.29) is 5.82 Å². The van der Waals surface area contributed by atoms with Crippen molar-refractivity contribution in [2.75, 3.05) is 17.2 Å². The fourth-order valence-electron chi connectivity index (χ4n) is 3.74. The van der Waals surface area contributed by atoms with Crippen molar-refractivity contribution in [3.8, 4) is 17.2 Å². The molecular formula is C23H23FN6. The van der Waals surface area contributed by atoms with Gasteiger partial charge in [-0.25, -0.2) is 14.4 Å². The molecular weight excluding hydrogens is 379 g/mol. The molecule has 1 aliphatic carbocycles. The predicted molar refractivity (Wildman–Crippen MR) is 115 cm³/mol. The molecule has 1 aromatic carbocycles. The molecule has 1 saturated carbocycles. The minimum absolute atomic E-state index is 0.295. The fraction of sp³-hybridized carbons (Fsp3) is 0.304. The second-order valence-corrected chi connectivity index (χ2v) is 7.52. The standard InChI is InChI=1S/C23H23FN6/c24-18-8-4-7-17(11-18)21-15-28-23(29-20-10-9-19(12-25)26-14-20)30-22(21)27-13-16-5-2-1-3-6-16/h4,7-11,14-16H,1-3,5-6,13H2,(H2,27,28,29,30). The molecule has 4 rings (SSSR count). The first-order valence-corrected chi connectivity index (χ1v) is 10.2. The summed E-state index contributed by atoms with van der Waals surface area (Å²) in [6.45, 7) is 0.831. The normalized spacial score (nSPS) is 14.1. The highest BCUT2D eigenvalue weighted by atomic mass is 19.1. The molecule has 0 spiro atoms. The summed E-state index contributed by atoms with van der Waals surface area (Å²) in [5.74, 6) is 1.41. The lowest BCUT2D eigenvalue weighted by Crippen LogP contribution is -2.18. The molecule has 0 atom stereocenters. The first-order valence-electron chi connectivity index (χ1n) is 10.2. The number of rotatable bonds is 6. The number of nitrogens with zero attached hydrogens (tertiary/aromatic N) is 4. The quantitative estimate of drug-likeness (QED) is 0.583. The zero-order chi connectivity index (χ0) is 20.8. The van der Waals surface area contributed by atoms with Crippen LogP contribution >= 0.6 is 0 Å². The van der Waals surface area contributed by atoms with Crippen molar-refractivity contribution in [2.24, 2.45) is 5.92 Å². The molecule has 1 fully saturated rings. The van der Waals surface area contributed by atoms with E-state index in [1.807, 2.05) is 12.1 Å². The molecule has 6 nitrogen and oxygen atoms in total.